The molecular weight excluding hydrogens is 308 g/mol. The van der Waals surface area contributed by atoms with Crippen LogP contribution >= 0.6 is 15.9 Å². The van der Waals surface area contributed by atoms with Crippen LogP contribution in [0, 0.1) is 11.8 Å². The highest BCUT2D eigenvalue weighted by Crippen LogP contribution is 2.52. The molecule has 4 nitrogen and oxygen atoms in total. The van der Waals surface area contributed by atoms with Gasteiger partial charge in [0.05, 0.1) is 11.4 Å². The molecule has 6 atom stereocenters. The molecule has 4 rings (SSSR count). The van der Waals surface area contributed by atoms with E-state index < -0.39 is 10.1 Å². The first-order valence-electron chi connectivity index (χ1n) is 6.24. The van der Waals surface area contributed by atoms with Crippen LogP contribution < -0.4 is 0 Å². The summed E-state index contributed by atoms with van der Waals surface area (Å²) < 4.78 is 34.9. The second-order valence-electron chi connectivity index (χ2n) is 5.25. The number of rotatable bonds is 3. The van der Waals surface area contributed by atoms with E-state index in [9.17, 15) is 8.42 Å². The summed E-state index contributed by atoms with van der Waals surface area (Å²) in [5, 5.41) is -0.265. The molecule has 1 heterocycles. The van der Waals surface area contributed by atoms with E-state index >= 15 is 0 Å². The van der Waals surface area contributed by atoms with Crippen LogP contribution in [0.25, 0.3) is 0 Å². The summed E-state index contributed by atoms with van der Waals surface area (Å²) in [5.74, 6) is 0.505. The van der Waals surface area contributed by atoms with Gasteiger partial charge in [-0.1, -0.05) is 22.9 Å². The molecule has 0 spiro atoms. The molecule has 0 N–H and O–H groups in total. The van der Waals surface area contributed by atoms with Crippen LogP contribution in [-0.4, -0.2) is 30.9 Å². The molecule has 4 fully saturated rings. The van der Waals surface area contributed by atoms with Crippen molar-refractivity contribution in [2.24, 2.45) is 11.8 Å². The first kappa shape index (κ1) is 12.4. The third kappa shape index (κ3) is 1.88. The number of fused-ring (bicyclic) bond motifs is 1. The number of ether oxygens (including phenoxy) is 1. The van der Waals surface area contributed by atoms with Gasteiger partial charge in [0.25, 0.3) is 10.1 Å². The van der Waals surface area contributed by atoms with Gasteiger partial charge in [0.2, 0.25) is 0 Å². The zero-order valence-electron chi connectivity index (χ0n) is 9.71. The molecule has 0 radical (unpaired) electrons. The minimum Gasteiger partial charge on any atom is -0.361 e. The second-order valence-corrected chi connectivity index (χ2v) is 8.05. The van der Waals surface area contributed by atoms with E-state index in [4.69, 9.17) is 8.92 Å². The van der Waals surface area contributed by atoms with E-state index in [1.165, 1.54) is 0 Å². The Kier molecular flexibility index (Phi) is 3.05. The predicted octanol–water partition coefficient (Wildman–Crippen LogP) is 2.03. The monoisotopic (exact) mass is 324 g/mol. The molecule has 6 unspecified atom stereocenters. The van der Waals surface area contributed by atoms with Gasteiger partial charge in [0, 0.05) is 5.92 Å². The topological polar surface area (TPSA) is 52.6 Å². The lowest BCUT2D eigenvalue weighted by atomic mass is 9.67. The van der Waals surface area contributed by atoms with Crippen LogP contribution in [0.1, 0.15) is 32.6 Å². The van der Waals surface area contributed by atoms with Gasteiger partial charge in [-0.2, -0.15) is 8.42 Å². The molecule has 1 saturated heterocycles. The van der Waals surface area contributed by atoms with E-state index in [2.05, 4.69) is 15.9 Å². The van der Waals surface area contributed by atoms with Gasteiger partial charge in [-0.15, -0.1) is 0 Å². The molecule has 0 aromatic rings. The SMILES string of the molecule is CCC(Br)OC1C2CCC3C1OS(=O)(=O)C3C2. The molecule has 6 heteroatoms. The fraction of sp³-hybridized carbons (Fsp3) is 1.00. The average Bonchev–Trinajstić information content (AvgIpc) is 2.53. The first-order chi connectivity index (χ1) is 8.03. The highest BCUT2D eigenvalue weighted by atomic mass is 79.9. The van der Waals surface area contributed by atoms with Crippen molar-refractivity contribution in [2.75, 3.05) is 0 Å². The summed E-state index contributed by atoms with van der Waals surface area (Å²) in [6, 6.07) is 0. The zero-order chi connectivity index (χ0) is 12.2. The van der Waals surface area contributed by atoms with E-state index in [1.54, 1.807) is 0 Å². The lowest BCUT2D eigenvalue weighted by Gasteiger charge is -2.44. The van der Waals surface area contributed by atoms with Crippen LogP contribution in [0.3, 0.4) is 0 Å². The minimum absolute atomic E-state index is 0.00259. The molecule has 4 bridgehead atoms. The Morgan fingerprint density at radius 3 is 2.94 bits per heavy atom. The maximum Gasteiger partial charge on any atom is 0.270 e. The second kappa shape index (κ2) is 4.18. The van der Waals surface area contributed by atoms with Crippen molar-refractivity contribution in [3.8, 4) is 0 Å². The Hall–Kier alpha value is 0.350. The molecule has 0 aromatic heterocycles. The number of halogens is 1. The maximum absolute atomic E-state index is 11.8. The fourth-order valence-corrected chi connectivity index (χ4v) is 5.67. The molecule has 1 aliphatic heterocycles. The van der Waals surface area contributed by atoms with Gasteiger partial charge >= 0.3 is 0 Å². The van der Waals surface area contributed by atoms with E-state index in [1.807, 2.05) is 6.92 Å². The molecule has 3 saturated carbocycles. The highest BCUT2D eigenvalue weighted by molar-refractivity contribution is 9.09. The molecule has 3 aliphatic carbocycles. The summed E-state index contributed by atoms with van der Waals surface area (Å²) >= 11 is 3.46. The zero-order valence-corrected chi connectivity index (χ0v) is 12.1. The largest absolute Gasteiger partial charge is 0.361 e. The van der Waals surface area contributed by atoms with E-state index in [0.717, 1.165) is 25.7 Å². The van der Waals surface area contributed by atoms with Gasteiger partial charge in [0.15, 0.2) is 0 Å². The Labute approximate surface area is 110 Å². The normalized spacial score (nSPS) is 48.2. The smallest absolute Gasteiger partial charge is 0.270 e. The fourth-order valence-electron chi connectivity index (χ4n) is 3.51. The van der Waals surface area contributed by atoms with Gasteiger partial charge < -0.3 is 4.74 Å². The Balaban J connectivity index is 1.85. The van der Waals surface area contributed by atoms with E-state index in [0.29, 0.717) is 5.92 Å². The minimum atomic E-state index is -3.33. The van der Waals surface area contributed by atoms with E-state index in [-0.39, 0.29) is 28.4 Å². The first-order valence-corrected chi connectivity index (χ1v) is 8.63. The predicted molar refractivity (Wildman–Crippen MR) is 66.3 cm³/mol. The molecule has 98 valence electrons. The van der Waals surface area contributed by atoms with Crippen molar-refractivity contribution in [2.45, 2.75) is 55.1 Å². The average molecular weight is 325 g/mol. The van der Waals surface area contributed by atoms with Gasteiger partial charge in [-0.25, -0.2) is 0 Å². The van der Waals surface area contributed by atoms with Gasteiger partial charge in [-0.3, -0.25) is 4.18 Å². The van der Waals surface area contributed by atoms with Crippen molar-refractivity contribution in [3.63, 3.8) is 0 Å². The lowest BCUT2D eigenvalue weighted by Crippen LogP contribution is -2.51. The highest BCUT2D eigenvalue weighted by Gasteiger charge is 2.61. The number of hydrogen-bond acceptors (Lipinski definition) is 4. The van der Waals surface area contributed by atoms with Crippen LogP contribution in [0.4, 0.5) is 0 Å². The third-order valence-corrected chi connectivity index (χ3v) is 6.97. The van der Waals surface area contributed by atoms with Crippen LogP contribution in [0.15, 0.2) is 0 Å². The molecule has 0 aromatic carbocycles. The van der Waals surface area contributed by atoms with Gasteiger partial charge in [-0.05, 0) is 31.6 Å². The lowest BCUT2D eigenvalue weighted by molar-refractivity contribution is -0.115. The van der Waals surface area contributed by atoms with Crippen molar-refractivity contribution in [3.05, 3.63) is 0 Å². The van der Waals surface area contributed by atoms with Gasteiger partial charge in [0.1, 0.15) is 11.1 Å². The maximum atomic E-state index is 11.8. The number of hydrogen-bond donors (Lipinski definition) is 0. The quantitative estimate of drug-likeness (QED) is 0.588. The summed E-state index contributed by atoms with van der Waals surface area (Å²) in [6.07, 6.45) is 3.35. The Morgan fingerprint density at radius 1 is 1.47 bits per heavy atom. The van der Waals surface area contributed by atoms with Crippen LogP contribution in [0.2, 0.25) is 0 Å². The molecular formula is C11H17BrO4S. The Morgan fingerprint density at radius 2 is 2.24 bits per heavy atom. The summed E-state index contributed by atoms with van der Waals surface area (Å²) in [5.41, 5.74) is 0. The molecule has 17 heavy (non-hydrogen) atoms. The molecule has 0 amide bonds. The Bertz CT molecular complexity index is 410. The van der Waals surface area contributed by atoms with Crippen molar-refractivity contribution < 1.29 is 17.3 Å². The summed E-state index contributed by atoms with van der Waals surface area (Å²) in [7, 11) is -3.33. The van der Waals surface area contributed by atoms with Crippen molar-refractivity contribution >= 4 is 26.0 Å². The third-order valence-electron chi connectivity index (χ3n) is 4.34. The van der Waals surface area contributed by atoms with Crippen LogP contribution in [0.5, 0.6) is 0 Å². The van der Waals surface area contributed by atoms with Crippen LogP contribution in [-0.2, 0) is 19.0 Å². The summed E-state index contributed by atoms with van der Waals surface area (Å²) in [6.45, 7) is 2.04. The number of alkyl halides is 1. The standard InChI is InChI=1S/C11H17BrO4S/c1-2-9(12)15-10-6-3-4-7-8(5-6)17(13,14)16-11(7)10/h6-11H,2-5H2,1H3. The molecule has 4 aliphatic rings. The summed E-state index contributed by atoms with van der Waals surface area (Å²) in [4.78, 5) is 0. The van der Waals surface area contributed by atoms with Crippen molar-refractivity contribution in [1.82, 2.24) is 0 Å². The van der Waals surface area contributed by atoms with Crippen molar-refractivity contribution in [1.29, 1.82) is 0 Å².